The molecule has 2 nitrogen and oxygen atoms in total. The van der Waals surface area contributed by atoms with E-state index in [4.69, 9.17) is 0 Å². The molecule has 0 bridgehead atoms. The largest absolute Gasteiger partial charge is 1.00 e. The van der Waals surface area contributed by atoms with Crippen molar-refractivity contribution < 1.29 is 39.5 Å². The van der Waals surface area contributed by atoms with E-state index in [9.17, 15) is 9.90 Å². The minimum Gasteiger partial charge on any atom is -0.544 e. The smallest absolute Gasteiger partial charge is 0.544 e. The zero-order chi connectivity index (χ0) is 5.98. The van der Waals surface area contributed by atoms with Crippen LogP contribution < -0.4 is 34.7 Å². The summed E-state index contributed by atoms with van der Waals surface area (Å²) in [4.78, 5) is 10.3. The number of carboxylic acid groups (broad SMARTS) is 1. The van der Waals surface area contributed by atoms with Gasteiger partial charge in [0.2, 0.25) is 0 Å². The van der Waals surface area contributed by atoms with Gasteiger partial charge in [0.1, 0.15) is 0 Å². The molecule has 1 aliphatic rings. The summed E-state index contributed by atoms with van der Waals surface area (Å²) in [6, 6.07) is 0. The van der Waals surface area contributed by atoms with Crippen LogP contribution >= 0.6 is 31.4 Å². The molecule has 0 N–H and O–H groups in total. The molecule has 0 fully saturated rings. The molecule has 6 heteroatoms. The molecular formula is C3HNaO2S3. The molecule has 0 aromatic rings. The van der Waals surface area contributed by atoms with Crippen molar-refractivity contribution >= 4 is 37.4 Å². The Kier molecular flexibility index (Phi) is 5.68. The summed E-state index contributed by atoms with van der Waals surface area (Å²) < 4.78 is 0. The first-order valence-electron chi connectivity index (χ1n) is 1.72. The van der Waals surface area contributed by atoms with Gasteiger partial charge in [-0.1, -0.05) is 10.8 Å². The third-order valence-corrected chi connectivity index (χ3v) is 4.20. The second kappa shape index (κ2) is 4.98. The van der Waals surface area contributed by atoms with Gasteiger partial charge in [-0.05, 0) is 26.0 Å². The van der Waals surface area contributed by atoms with E-state index in [1.54, 1.807) is 5.41 Å². The number of rotatable bonds is 1. The maximum Gasteiger partial charge on any atom is 1.00 e. The van der Waals surface area contributed by atoms with Gasteiger partial charge in [-0.2, -0.15) is 0 Å². The number of carboxylic acids is 1. The van der Waals surface area contributed by atoms with E-state index in [1.165, 1.54) is 31.4 Å². The zero-order valence-corrected chi connectivity index (χ0v) is 9.07. The van der Waals surface area contributed by atoms with Gasteiger partial charge in [0.05, 0.1) is 5.97 Å². The van der Waals surface area contributed by atoms with Gasteiger partial charge in [-0.25, -0.2) is 0 Å². The molecule has 1 rings (SSSR count). The minimum atomic E-state index is -1.08. The van der Waals surface area contributed by atoms with Gasteiger partial charge in [0.15, 0.2) is 0 Å². The van der Waals surface area contributed by atoms with Crippen LogP contribution in [0.4, 0.5) is 0 Å². The van der Waals surface area contributed by atoms with E-state index in [2.05, 4.69) is 0 Å². The van der Waals surface area contributed by atoms with Crippen LogP contribution in [0, 0.1) is 0 Å². The number of hydrogen-bond acceptors (Lipinski definition) is 5. The van der Waals surface area contributed by atoms with Crippen molar-refractivity contribution in [3.63, 3.8) is 0 Å². The molecule has 0 saturated carbocycles. The molecule has 0 spiro atoms. The van der Waals surface area contributed by atoms with Crippen LogP contribution in [-0.2, 0) is 4.79 Å². The molecule has 0 aromatic heterocycles. The SMILES string of the molecule is O=C([O-])C1=CSSS1.[Na+]. The van der Waals surface area contributed by atoms with Crippen molar-refractivity contribution in [1.29, 1.82) is 0 Å². The van der Waals surface area contributed by atoms with E-state index in [0.717, 1.165) is 0 Å². The molecule has 0 unspecified atom stereocenters. The van der Waals surface area contributed by atoms with Gasteiger partial charge >= 0.3 is 29.6 Å². The summed E-state index contributed by atoms with van der Waals surface area (Å²) >= 11 is 0. The van der Waals surface area contributed by atoms with Crippen molar-refractivity contribution in [1.82, 2.24) is 0 Å². The van der Waals surface area contributed by atoms with Crippen molar-refractivity contribution in [3.8, 4) is 0 Å². The van der Waals surface area contributed by atoms with E-state index in [0.29, 0.717) is 4.91 Å². The normalized spacial score (nSPS) is 16.2. The Hall–Kier alpha value is 1.26. The third kappa shape index (κ3) is 3.25. The van der Waals surface area contributed by atoms with E-state index < -0.39 is 5.97 Å². The van der Waals surface area contributed by atoms with Crippen LogP contribution in [0.1, 0.15) is 0 Å². The van der Waals surface area contributed by atoms with Crippen LogP contribution in [0.15, 0.2) is 10.3 Å². The Bertz CT molecular complexity index is 146. The summed E-state index contributed by atoms with van der Waals surface area (Å²) in [7, 11) is 4.07. The zero-order valence-electron chi connectivity index (χ0n) is 4.62. The molecule has 0 amide bonds. The summed E-state index contributed by atoms with van der Waals surface area (Å²) in [5.74, 6) is -1.08. The van der Waals surface area contributed by atoms with Crippen LogP contribution in [-0.4, -0.2) is 5.97 Å². The van der Waals surface area contributed by atoms with Gasteiger partial charge in [-0.15, -0.1) is 0 Å². The molecule has 0 radical (unpaired) electrons. The summed E-state index contributed by atoms with van der Waals surface area (Å²) in [5.41, 5.74) is 0. The van der Waals surface area contributed by atoms with E-state index >= 15 is 0 Å². The second-order valence-electron chi connectivity index (χ2n) is 1.02. The number of aliphatic carboxylic acids is 1. The molecule has 0 aliphatic carbocycles. The average molecular weight is 188 g/mol. The van der Waals surface area contributed by atoms with Crippen molar-refractivity contribution in [3.05, 3.63) is 10.3 Å². The number of carbonyl (C=O) groups excluding carboxylic acids is 1. The van der Waals surface area contributed by atoms with Crippen molar-refractivity contribution in [2.45, 2.75) is 0 Å². The summed E-state index contributed by atoms with van der Waals surface area (Å²) in [5, 5.41) is 11.5. The fraction of sp³-hybridized carbons (Fsp3) is 0. The van der Waals surface area contributed by atoms with Crippen LogP contribution in [0.2, 0.25) is 0 Å². The minimum absolute atomic E-state index is 0. The quantitative estimate of drug-likeness (QED) is 0.340. The Morgan fingerprint density at radius 3 is 2.56 bits per heavy atom. The second-order valence-corrected chi connectivity index (χ2v) is 4.90. The summed E-state index contributed by atoms with van der Waals surface area (Å²) in [6.07, 6.45) is 0. The molecule has 1 aliphatic heterocycles. The monoisotopic (exact) mass is 188 g/mol. The van der Waals surface area contributed by atoms with Crippen molar-refractivity contribution in [2.75, 3.05) is 0 Å². The molecule has 44 valence electrons. The predicted octanol–water partition coefficient (Wildman–Crippen LogP) is -2.38. The third-order valence-electron chi connectivity index (χ3n) is 0.519. The summed E-state index contributed by atoms with van der Waals surface area (Å²) in [6.45, 7) is 0. The fourth-order valence-electron chi connectivity index (χ4n) is 0.221. The topological polar surface area (TPSA) is 40.1 Å². The molecular weight excluding hydrogens is 187 g/mol. The Balaban J connectivity index is 0.000000640. The maximum atomic E-state index is 9.97. The fourth-order valence-corrected chi connectivity index (χ4v) is 3.78. The first-order valence-corrected chi connectivity index (χ1v) is 5.27. The first kappa shape index (κ1) is 10.3. The Morgan fingerprint density at radius 2 is 2.33 bits per heavy atom. The average Bonchev–Trinajstić information content (AvgIpc) is 2.12. The maximum absolute atomic E-state index is 9.97. The van der Waals surface area contributed by atoms with Crippen LogP contribution in [0.25, 0.3) is 0 Å². The first-order chi connectivity index (χ1) is 3.80. The predicted molar refractivity (Wildman–Crippen MR) is 35.9 cm³/mol. The standard InChI is InChI=1S/C3H2O2S3.Na/c4-3(5)2-1-6-8-7-2;/h1H,(H,4,5);/q;+1/p-1. The van der Waals surface area contributed by atoms with Gasteiger partial charge < -0.3 is 9.90 Å². The Morgan fingerprint density at radius 1 is 1.67 bits per heavy atom. The van der Waals surface area contributed by atoms with Crippen molar-refractivity contribution in [2.24, 2.45) is 0 Å². The molecule has 1 heterocycles. The van der Waals surface area contributed by atoms with Gasteiger partial charge in [0, 0.05) is 4.91 Å². The molecule has 0 aromatic carbocycles. The number of carbonyl (C=O) groups is 1. The van der Waals surface area contributed by atoms with Gasteiger partial charge in [0.25, 0.3) is 0 Å². The van der Waals surface area contributed by atoms with Gasteiger partial charge in [-0.3, -0.25) is 0 Å². The van der Waals surface area contributed by atoms with Crippen LogP contribution in [0.3, 0.4) is 0 Å². The van der Waals surface area contributed by atoms with E-state index in [1.807, 2.05) is 0 Å². The Labute approximate surface area is 86.3 Å². The molecule has 0 atom stereocenters. The van der Waals surface area contributed by atoms with E-state index in [-0.39, 0.29) is 29.6 Å². The molecule has 9 heavy (non-hydrogen) atoms. The molecule has 0 saturated heterocycles. The van der Waals surface area contributed by atoms with Crippen LogP contribution in [0.5, 0.6) is 0 Å². The number of hydrogen-bond donors (Lipinski definition) is 0.